The van der Waals surface area contributed by atoms with Crippen LogP contribution in [0.4, 0.5) is 13.2 Å². The van der Waals surface area contributed by atoms with Crippen molar-refractivity contribution in [1.82, 2.24) is 10.2 Å². The van der Waals surface area contributed by atoms with E-state index in [1.165, 1.54) is 12.1 Å². The molecule has 0 aromatic heterocycles. The zero-order valence-corrected chi connectivity index (χ0v) is 13.0. The second kappa shape index (κ2) is 8.39. The van der Waals surface area contributed by atoms with E-state index < -0.39 is 11.7 Å². The first-order valence-corrected chi connectivity index (χ1v) is 7.49. The predicted molar refractivity (Wildman–Crippen MR) is 80.3 cm³/mol. The van der Waals surface area contributed by atoms with Gasteiger partial charge in [0.1, 0.15) is 0 Å². The molecule has 1 rings (SSSR count). The first-order valence-electron chi connectivity index (χ1n) is 7.49. The lowest BCUT2D eigenvalue weighted by molar-refractivity contribution is -0.137. The zero-order chi connectivity index (χ0) is 15.9. The minimum absolute atomic E-state index is 0.0922. The fourth-order valence-corrected chi connectivity index (χ4v) is 2.48. The summed E-state index contributed by atoms with van der Waals surface area (Å²) in [5, 5.41) is 3.14. The molecule has 0 aliphatic carbocycles. The molecule has 0 aliphatic rings. The molecule has 1 aromatic carbocycles. The van der Waals surface area contributed by atoms with E-state index in [1.807, 2.05) is 0 Å². The second-order valence-electron chi connectivity index (χ2n) is 5.27. The number of alkyl halides is 3. The van der Waals surface area contributed by atoms with Crippen molar-refractivity contribution >= 4 is 0 Å². The Bertz CT molecular complexity index is 412. The van der Waals surface area contributed by atoms with Crippen LogP contribution in [0.15, 0.2) is 24.3 Å². The highest BCUT2D eigenvalue weighted by molar-refractivity contribution is 5.28. The third-order valence-electron chi connectivity index (χ3n) is 3.49. The van der Waals surface area contributed by atoms with Crippen LogP contribution in [-0.2, 0) is 6.18 Å². The fraction of sp³-hybridized carbons (Fsp3) is 0.625. The van der Waals surface area contributed by atoms with E-state index >= 15 is 0 Å². The van der Waals surface area contributed by atoms with E-state index in [0.29, 0.717) is 5.56 Å². The van der Waals surface area contributed by atoms with Gasteiger partial charge in [-0.15, -0.1) is 0 Å². The van der Waals surface area contributed by atoms with Gasteiger partial charge in [-0.2, -0.15) is 13.2 Å². The molecule has 0 amide bonds. The molecule has 0 aliphatic heterocycles. The van der Waals surface area contributed by atoms with E-state index in [9.17, 15) is 13.2 Å². The van der Waals surface area contributed by atoms with Gasteiger partial charge in [0.05, 0.1) is 5.56 Å². The first-order chi connectivity index (χ1) is 9.92. The van der Waals surface area contributed by atoms with Crippen LogP contribution in [0.1, 0.15) is 43.9 Å². The highest BCUT2D eigenvalue weighted by Crippen LogP contribution is 2.30. The van der Waals surface area contributed by atoms with Gasteiger partial charge in [0.25, 0.3) is 0 Å². The predicted octanol–water partition coefficient (Wildman–Crippen LogP) is 4.09. The summed E-state index contributed by atoms with van der Waals surface area (Å²) in [4.78, 5) is 2.29. The third kappa shape index (κ3) is 5.67. The summed E-state index contributed by atoms with van der Waals surface area (Å²) in [6.07, 6.45) is -2.21. The maximum atomic E-state index is 12.8. The third-order valence-corrected chi connectivity index (χ3v) is 3.49. The standard InChI is InChI=1S/C16H25F3N2/c1-4-9-21(10-5-2)12-15(20-3)13-7-6-8-14(11-13)16(17,18)19/h6-8,11,15,20H,4-5,9-10,12H2,1-3H3. The lowest BCUT2D eigenvalue weighted by Gasteiger charge is -2.27. The Hall–Kier alpha value is -1.07. The average molecular weight is 302 g/mol. The maximum Gasteiger partial charge on any atom is 0.416 e. The summed E-state index contributed by atoms with van der Waals surface area (Å²) in [6, 6.07) is 5.51. The van der Waals surface area contributed by atoms with Crippen LogP contribution in [0.3, 0.4) is 0 Å². The number of halogens is 3. The molecule has 1 unspecified atom stereocenters. The van der Waals surface area contributed by atoms with Gasteiger partial charge in [0.2, 0.25) is 0 Å². The van der Waals surface area contributed by atoms with Crippen LogP contribution < -0.4 is 5.32 Å². The number of hydrogen-bond acceptors (Lipinski definition) is 2. The van der Waals surface area contributed by atoms with Crippen molar-refractivity contribution < 1.29 is 13.2 Å². The fourth-order valence-electron chi connectivity index (χ4n) is 2.48. The van der Waals surface area contributed by atoms with Gasteiger partial charge in [-0.25, -0.2) is 0 Å². The monoisotopic (exact) mass is 302 g/mol. The van der Waals surface area contributed by atoms with Crippen molar-refractivity contribution in [3.05, 3.63) is 35.4 Å². The Morgan fingerprint density at radius 1 is 1.14 bits per heavy atom. The van der Waals surface area contributed by atoms with Gasteiger partial charge in [0.15, 0.2) is 0 Å². The van der Waals surface area contributed by atoms with Crippen LogP contribution in [0, 0.1) is 0 Å². The number of benzene rings is 1. The summed E-state index contributed by atoms with van der Waals surface area (Å²) >= 11 is 0. The first kappa shape index (κ1) is 18.0. The molecule has 1 aromatic rings. The van der Waals surface area contributed by atoms with Crippen molar-refractivity contribution in [1.29, 1.82) is 0 Å². The maximum absolute atomic E-state index is 12.8. The Labute approximate surface area is 125 Å². The molecule has 0 saturated heterocycles. The van der Waals surface area contributed by atoms with Crippen LogP contribution in [0.5, 0.6) is 0 Å². The van der Waals surface area contributed by atoms with Gasteiger partial charge in [-0.3, -0.25) is 0 Å². The Kier molecular flexibility index (Phi) is 7.18. The molecular weight excluding hydrogens is 277 g/mol. The van der Waals surface area contributed by atoms with E-state index in [0.717, 1.165) is 38.5 Å². The molecule has 2 nitrogen and oxygen atoms in total. The number of hydrogen-bond donors (Lipinski definition) is 1. The molecule has 1 N–H and O–H groups in total. The summed E-state index contributed by atoms with van der Waals surface area (Å²) < 4.78 is 38.4. The van der Waals surface area contributed by atoms with E-state index in [-0.39, 0.29) is 6.04 Å². The van der Waals surface area contributed by atoms with Gasteiger partial charge in [-0.05, 0) is 50.7 Å². The van der Waals surface area contributed by atoms with Crippen LogP contribution >= 0.6 is 0 Å². The molecule has 1 atom stereocenters. The molecule has 21 heavy (non-hydrogen) atoms. The SMILES string of the molecule is CCCN(CCC)CC(NC)c1cccc(C(F)(F)F)c1. The van der Waals surface area contributed by atoms with Crippen molar-refractivity contribution in [2.45, 2.75) is 38.9 Å². The minimum Gasteiger partial charge on any atom is -0.312 e. The summed E-state index contributed by atoms with van der Waals surface area (Å²) in [7, 11) is 1.79. The molecule has 0 fully saturated rings. The molecule has 5 heteroatoms. The van der Waals surface area contributed by atoms with Crippen LogP contribution in [0.2, 0.25) is 0 Å². The largest absolute Gasteiger partial charge is 0.416 e. The molecule has 0 spiro atoms. The Morgan fingerprint density at radius 2 is 1.76 bits per heavy atom. The second-order valence-corrected chi connectivity index (χ2v) is 5.27. The van der Waals surface area contributed by atoms with Gasteiger partial charge in [0, 0.05) is 12.6 Å². The number of likely N-dealkylation sites (N-methyl/N-ethyl adjacent to an activating group) is 1. The van der Waals surface area contributed by atoms with E-state index in [2.05, 4.69) is 24.1 Å². The number of nitrogens with zero attached hydrogens (tertiary/aromatic N) is 1. The molecule has 120 valence electrons. The van der Waals surface area contributed by atoms with Crippen molar-refractivity contribution in [3.8, 4) is 0 Å². The molecule has 0 heterocycles. The highest BCUT2D eigenvalue weighted by atomic mass is 19.4. The van der Waals surface area contributed by atoms with E-state index in [1.54, 1.807) is 13.1 Å². The van der Waals surface area contributed by atoms with E-state index in [4.69, 9.17) is 0 Å². The lowest BCUT2D eigenvalue weighted by Crippen LogP contribution is -2.35. The van der Waals surface area contributed by atoms with Gasteiger partial charge >= 0.3 is 6.18 Å². The molecule has 0 saturated carbocycles. The van der Waals surface area contributed by atoms with Crippen LogP contribution in [-0.4, -0.2) is 31.6 Å². The van der Waals surface area contributed by atoms with Crippen LogP contribution in [0.25, 0.3) is 0 Å². The normalized spacial score (nSPS) is 13.7. The quantitative estimate of drug-likeness (QED) is 0.778. The molecule has 0 bridgehead atoms. The number of nitrogens with one attached hydrogen (secondary N) is 1. The minimum atomic E-state index is -4.29. The topological polar surface area (TPSA) is 15.3 Å². The molecular formula is C16H25F3N2. The Morgan fingerprint density at radius 3 is 2.24 bits per heavy atom. The molecule has 0 radical (unpaired) electrons. The number of rotatable bonds is 8. The summed E-state index contributed by atoms with van der Waals surface area (Å²) in [5.41, 5.74) is 0.0994. The van der Waals surface area contributed by atoms with Crippen molar-refractivity contribution in [2.75, 3.05) is 26.7 Å². The summed E-state index contributed by atoms with van der Waals surface area (Å²) in [6.45, 7) is 6.87. The summed E-state index contributed by atoms with van der Waals surface area (Å²) in [5.74, 6) is 0. The average Bonchev–Trinajstić information content (AvgIpc) is 2.44. The lowest BCUT2D eigenvalue weighted by atomic mass is 10.0. The zero-order valence-electron chi connectivity index (χ0n) is 13.0. The van der Waals surface area contributed by atoms with Gasteiger partial charge < -0.3 is 10.2 Å². The van der Waals surface area contributed by atoms with Gasteiger partial charge in [-0.1, -0.05) is 26.0 Å². The smallest absolute Gasteiger partial charge is 0.312 e. The highest BCUT2D eigenvalue weighted by Gasteiger charge is 2.31. The van der Waals surface area contributed by atoms with Crippen molar-refractivity contribution in [2.24, 2.45) is 0 Å². The Balaban J connectivity index is 2.88. The van der Waals surface area contributed by atoms with Crippen molar-refractivity contribution in [3.63, 3.8) is 0 Å².